The van der Waals surface area contributed by atoms with Crippen LogP contribution < -0.4 is 15.6 Å². The van der Waals surface area contributed by atoms with Gasteiger partial charge >= 0.3 is 0 Å². The van der Waals surface area contributed by atoms with E-state index in [1.165, 1.54) is 6.20 Å². The quantitative estimate of drug-likeness (QED) is 0.539. The molecular weight excluding hydrogens is 340 g/mol. The van der Waals surface area contributed by atoms with E-state index in [1.54, 1.807) is 0 Å². The van der Waals surface area contributed by atoms with Gasteiger partial charge in [0, 0.05) is 13.1 Å². The van der Waals surface area contributed by atoms with Crippen LogP contribution in [0.2, 0.25) is 0 Å². The molecule has 1 heterocycles. The maximum absolute atomic E-state index is 11.8. The standard InChI is InChI=1S/C9H15BrN4O4S/c1-19(17,18)13-3-2-11-7-6-12-14(4-5-15)9(16)8(7)10/h6,11,13,15H,2-5H2,1H3. The Morgan fingerprint density at radius 1 is 1.47 bits per heavy atom. The van der Waals surface area contributed by atoms with Gasteiger partial charge in [-0.3, -0.25) is 4.79 Å². The molecule has 0 bridgehead atoms. The number of sulfonamides is 1. The first-order chi connectivity index (χ1) is 8.85. The first-order valence-electron chi connectivity index (χ1n) is 5.40. The number of hydrogen-bond donors (Lipinski definition) is 3. The maximum atomic E-state index is 11.8. The van der Waals surface area contributed by atoms with Gasteiger partial charge in [-0.1, -0.05) is 0 Å². The second-order valence-electron chi connectivity index (χ2n) is 3.72. The highest BCUT2D eigenvalue weighted by Crippen LogP contribution is 2.15. The lowest BCUT2D eigenvalue weighted by molar-refractivity contribution is 0.266. The average Bonchev–Trinajstić information content (AvgIpc) is 2.32. The van der Waals surface area contributed by atoms with Crippen molar-refractivity contribution in [1.29, 1.82) is 0 Å². The Bertz CT molecular complexity index is 586. The summed E-state index contributed by atoms with van der Waals surface area (Å²) < 4.78 is 25.4. The van der Waals surface area contributed by atoms with Crippen molar-refractivity contribution in [3.63, 3.8) is 0 Å². The summed E-state index contributed by atoms with van der Waals surface area (Å²) in [5.41, 5.74) is 0.101. The smallest absolute Gasteiger partial charge is 0.283 e. The third-order valence-electron chi connectivity index (χ3n) is 2.10. The van der Waals surface area contributed by atoms with Crippen LogP contribution >= 0.6 is 15.9 Å². The van der Waals surface area contributed by atoms with Crippen molar-refractivity contribution in [2.24, 2.45) is 0 Å². The van der Waals surface area contributed by atoms with E-state index in [-0.39, 0.29) is 29.7 Å². The lowest BCUT2D eigenvalue weighted by Crippen LogP contribution is -2.29. The molecule has 0 aromatic carbocycles. The topological polar surface area (TPSA) is 113 Å². The van der Waals surface area contributed by atoms with Crippen LogP contribution in [0.5, 0.6) is 0 Å². The second kappa shape index (κ2) is 6.98. The minimum absolute atomic E-state index is 0.118. The molecular formula is C9H15BrN4O4S. The molecule has 10 heteroatoms. The fraction of sp³-hybridized carbons (Fsp3) is 0.556. The van der Waals surface area contributed by atoms with Crippen molar-refractivity contribution in [2.45, 2.75) is 6.54 Å². The lowest BCUT2D eigenvalue weighted by atomic mass is 10.4. The van der Waals surface area contributed by atoms with Gasteiger partial charge in [0.1, 0.15) is 4.47 Å². The van der Waals surface area contributed by atoms with E-state index < -0.39 is 10.0 Å². The molecule has 0 unspecified atom stereocenters. The molecule has 0 radical (unpaired) electrons. The lowest BCUT2D eigenvalue weighted by Gasteiger charge is -2.10. The van der Waals surface area contributed by atoms with Crippen LogP contribution in [-0.4, -0.2) is 49.3 Å². The molecule has 0 aliphatic heterocycles. The first kappa shape index (κ1) is 16.1. The van der Waals surface area contributed by atoms with Crippen molar-refractivity contribution >= 4 is 31.6 Å². The molecule has 0 amide bonds. The van der Waals surface area contributed by atoms with Gasteiger partial charge in [0.25, 0.3) is 5.56 Å². The minimum Gasteiger partial charge on any atom is -0.394 e. The Kier molecular flexibility index (Phi) is 5.91. The van der Waals surface area contributed by atoms with Crippen molar-refractivity contribution < 1.29 is 13.5 Å². The SMILES string of the molecule is CS(=O)(=O)NCCNc1cnn(CCO)c(=O)c1Br. The molecule has 8 nitrogen and oxygen atoms in total. The number of nitrogens with one attached hydrogen (secondary N) is 2. The van der Waals surface area contributed by atoms with E-state index >= 15 is 0 Å². The molecule has 0 saturated heterocycles. The molecule has 0 aliphatic rings. The van der Waals surface area contributed by atoms with Crippen molar-refractivity contribution in [1.82, 2.24) is 14.5 Å². The molecule has 0 spiro atoms. The van der Waals surface area contributed by atoms with Crippen LogP contribution in [0, 0.1) is 0 Å². The number of hydrogen-bond acceptors (Lipinski definition) is 6. The van der Waals surface area contributed by atoms with Crippen LogP contribution in [0.25, 0.3) is 0 Å². The first-order valence-corrected chi connectivity index (χ1v) is 8.08. The number of halogens is 1. The average molecular weight is 355 g/mol. The van der Waals surface area contributed by atoms with Crippen molar-refractivity contribution in [2.75, 3.05) is 31.3 Å². The molecule has 0 atom stereocenters. The molecule has 0 aliphatic carbocycles. The van der Waals surface area contributed by atoms with Gasteiger partial charge in [-0.15, -0.1) is 0 Å². The Hall–Kier alpha value is -0.970. The third kappa shape index (κ3) is 5.27. The number of aromatic nitrogens is 2. The highest BCUT2D eigenvalue weighted by molar-refractivity contribution is 9.10. The van der Waals surface area contributed by atoms with E-state index in [2.05, 4.69) is 31.1 Å². The predicted molar refractivity (Wildman–Crippen MR) is 74.6 cm³/mol. The fourth-order valence-corrected chi connectivity index (χ4v) is 2.20. The summed E-state index contributed by atoms with van der Waals surface area (Å²) in [5, 5.41) is 15.5. The zero-order valence-electron chi connectivity index (χ0n) is 10.3. The monoisotopic (exact) mass is 354 g/mol. The number of nitrogens with zero attached hydrogens (tertiary/aromatic N) is 2. The summed E-state index contributed by atoms with van der Waals surface area (Å²) >= 11 is 3.14. The summed E-state index contributed by atoms with van der Waals surface area (Å²) in [5.74, 6) is 0. The van der Waals surface area contributed by atoms with E-state index in [4.69, 9.17) is 5.11 Å². The number of anilines is 1. The molecule has 108 valence electrons. The highest BCUT2D eigenvalue weighted by Gasteiger charge is 2.08. The largest absolute Gasteiger partial charge is 0.394 e. The summed E-state index contributed by atoms with van der Waals surface area (Å²) in [6.45, 7) is 0.458. The predicted octanol–water partition coefficient (Wildman–Crippen LogP) is -1.04. The fourth-order valence-electron chi connectivity index (χ4n) is 1.28. The molecule has 19 heavy (non-hydrogen) atoms. The van der Waals surface area contributed by atoms with Crippen molar-refractivity contribution in [3.05, 3.63) is 21.0 Å². The van der Waals surface area contributed by atoms with Gasteiger partial charge in [0.2, 0.25) is 10.0 Å². The van der Waals surface area contributed by atoms with Crippen molar-refractivity contribution in [3.8, 4) is 0 Å². The summed E-state index contributed by atoms with van der Waals surface area (Å²) in [7, 11) is -3.22. The zero-order chi connectivity index (χ0) is 14.5. The van der Waals surface area contributed by atoms with Crippen LogP contribution in [-0.2, 0) is 16.6 Å². The molecule has 3 N–H and O–H groups in total. The van der Waals surface area contributed by atoms with E-state index in [1.807, 2.05) is 0 Å². The van der Waals surface area contributed by atoms with Gasteiger partial charge < -0.3 is 10.4 Å². The Morgan fingerprint density at radius 2 is 2.16 bits per heavy atom. The third-order valence-corrected chi connectivity index (χ3v) is 3.60. The van der Waals surface area contributed by atoms with Gasteiger partial charge in [-0.25, -0.2) is 17.8 Å². The Morgan fingerprint density at radius 3 is 2.74 bits per heavy atom. The summed E-state index contributed by atoms with van der Waals surface area (Å²) in [6.07, 6.45) is 2.50. The number of aliphatic hydroxyl groups excluding tert-OH is 1. The van der Waals surface area contributed by atoms with Crippen LogP contribution in [0.1, 0.15) is 0 Å². The van der Waals surface area contributed by atoms with Crippen LogP contribution in [0.15, 0.2) is 15.5 Å². The molecule has 0 fully saturated rings. The Balaban J connectivity index is 2.65. The highest BCUT2D eigenvalue weighted by atomic mass is 79.9. The minimum atomic E-state index is -3.22. The van der Waals surface area contributed by atoms with Gasteiger partial charge in [0.05, 0.1) is 31.3 Å². The number of aliphatic hydroxyl groups is 1. The zero-order valence-corrected chi connectivity index (χ0v) is 12.7. The normalized spacial score (nSPS) is 11.5. The van der Waals surface area contributed by atoms with Crippen LogP contribution in [0.3, 0.4) is 0 Å². The molecule has 0 saturated carbocycles. The summed E-state index contributed by atoms with van der Waals surface area (Å²) in [6, 6.07) is 0. The van der Waals surface area contributed by atoms with Gasteiger partial charge in [-0.2, -0.15) is 5.10 Å². The maximum Gasteiger partial charge on any atom is 0.283 e. The van der Waals surface area contributed by atoms with Gasteiger partial charge in [-0.05, 0) is 15.9 Å². The van der Waals surface area contributed by atoms with E-state index in [9.17, 15) is 13.2 Å². The second-order valence-corrected chi connectivity index (χ2v) is 6.34. The summed E-state index contributed by atoms with van der Waals surface area (Å²) in [4.78, 5) is 11.8. The number of rotatable bonds is 7. The molecule has 1 aromatic heterocycles. The van der Waals surface area contributed by atoms with E-state index in [0.29, 0.717) is 12.2 Å². The van der Waals surface area contributed by atoms with Gasteiger partial charge in [0.15, 0.2) is 0 Å². The Labute approximate surface area is 119 Å². The van der Waals surface area contributed by atoms with Crippen LogP contribution in [0.4, 0.5) is 5.69 Å². The molecule has 1 rings (SSSR count). The van der Waals surface area contributed by atoms with E-state index in [0.717, 1.165) is 10.9 Å². The molecule has 1 aromatic rings.